The molecule has 0 aliphatic heterocycles. The van der Waals surface area contributed by atoms with E-state index in [1.54, 1.807) is 0 Å². The fourth-order valence-corrected chi connectivity index (χ4v) is 2.76. The Kier molecular flexibility index (Phi) is 4.09. The standard InChI is InChI=1S/C11H8BrN3O5S/c12-11-4-1-7(6-13-11)14-21(19,20)8-2-3-10(16)9(5-8)15(17)18/h1-6,14,16H. The summed E-state index contributed by atoms with van der Waals surface area (Å²) >= 11 is 3.11. The van der Waals surface area contributed by atoms with Crippen LogP contribution in [0.15, 0.2) is 46.0 Å². The number of benzene rings is 1. The molecule has 0 aliphatic rings. The predicted octanol–water partition coefficient (Wildman–Crippen LogP) is 2.26. The highest BCUT2D eigenvalue weighted by atomic mass is 79.9. The van der Waals surface area contributed by atoms with E-state index < -0.39 is 26.4 Å². The van der Waals surface area contributed by atoms with Gasteiger partial charge in [0.15, 0.2) is 5.75 Å². The topological polar surface area (TPSA) is 122 Å². The van der Waals surface area contributed by atoms with Gasteiger partial charge in [0.05, 0.1) is 21.7 Å². The van der Waals surface area contributed by atoms with E-state index in [4.69, 9.17) is 0 Å². The molecule has 1 aromatic carbocycles. The van der Waals surface area contributed by atoms with Gasteiger partial charge in [-0.25, -0.2) is 13.4 Å². The van der Waals surface area contributed by atoms with E-state index in [9.17, 15) is 23.6 Å². The number of rotatable bonds is 4. The van der Waals surface area contributed by atoms with E-state index >= 15 is 0 Å². The first kappa shape index (κ1) is 15.2. The van der Waals surface area contributed by atoms with Gasteiger partial charge in [0.1, 0.15) is 4.60 Å². The first-order chi connectivity index (χ1) is 9.79. The van der Waals surface area contributed by atoms with Crippen LogP contribution >= 0.6 is 15.9 Å². The lowest BCUT2D eigenvalue weighted by atomic mass is 10.3. The van der Waals surface area contributed by atoms with Crippen molar-refractivity contribution in [1.82, 2.24) is 4.98 Å². The van der Waals surface area contributed by atoms with Gasteiger partial charge in [-0.1, -0.05) is 0 Å². The minimum Gasteiger partial charge on any atom is -0.502 e. The molecule has 0 amide bonds. The van der Waals surface area contributed by atoms with E-state index in [1.165, 1.54) is 18.3 Å². The molecule has 2 aromatic rings. The summed E-state index contributed by atoms with van der Waals surface area (Å²) in [4.78, 5) is 13.4. The molecule has 21 heavy (non-hydrogen) atoms. The van der Waals surface area contributed by atoms with Crippen molar-refractivity contribution in [2.45, 2.75) is 4.90 Å². The molecule has 10 heteroatoms. The van der Waals surface area contributed by atoms with E-state index in [1.807, 2.05) is 0 Å². The van der Waals surface area contributed by atoms with Crippen LogP contribution in [0.25, 0.3) is 0 Å². The van der Waals surface area contributed by atoms with Crippen LogP contribution in [0, 0.1) is 10.1 Å². The monoisotopic (exact) mass is 373 g/mol. The number of anilines is 1. The average molecular weight is 374 g/mol. The first-order valence-corrected chi connectivity index (χ1v) is 7.69. The Morgan fingerprint density at radius 2 is 2.00 bits per heavy atom. The Hall–Kier alpha value is -2.20. The zero-order valence-corrected chi connectivity index (χ0v) is 12.6. The van der Waals surface area contributed by atoms with Crippen LogP contribution in [0.4, 0.5) is 11.4 Å². The number of nitro benzene ring substituents is 1. The second-order valence-corrected chi connectivity index (χ2v) is 6.38. The summed E-state index contributed by atoms with van der Waals surface area (Å²) in [7, 11) is -4.02. The van der Waals surface area contributed by atoms with E-state index in [0.29, 0.717) is 4.60 Å². The molecule has 0 radical (unpaired) electrons. The molecule has 0 saturated heterocycles. The molecular weight excluding hydrogens is 366 g/mol. The third-order valence-corrected chi connectivity index (χ3v) is 4.28. The van der Waals surface area contributed by atoms with Crippen molar-refractivity contribution in [1.29, 1.82) is 0 Å². The Morgan fingerprint density at radius 3 is 2.57 bits per heavy atom. The van der Waals surface area contributed by atoms with Crippen molar-refractivity contribution in [2.75, 3.05) is 4.72 Å². The lowest BCUT2D eigenvalue weighted by Gasteiger charge is -2.08. The molecule has 1 aromatic heterocycles. The van der Waals surface area contributed by atoms with Gasteiger partial charge in [0.25, 0.3) is 10.0 Å². The summed E-state index contributed by atoms with van der Waals surface area (Å²) in [5.41, 5.74) is -0.485. The maximum Gasteiger partial charge on any atom is 0.312 e. The molecule has 2 N–H and O–H groups in total. The maximum absolute atomic E-state index is 12.1. The van der Waals surface area contributed by atoms with Crippen molar-refractivity contribution in [2.24, 2.45) is 0 Å². The minimum atomic E-state index is -4.02. The SMILES string of the molecule is O=[N+]([O-])c1cc(S(=O)(=O)Nc2ccc(Br)nc2)ccc1O. The van der Waals surface area contributed by atoms with Crippen LogP contribution < -0.4 is 4.72 Å². The van der Waals surface area contributed by atoms with Crippen LogP contribution in [0.5, 0.6) is 5.75 Å². The van der Waals surface area contributed by atoms with Gasteiger partial charge in [-0.15, -0.1) is 0 Å². The molecule has 0 aliphatic carbocycles. The molecule has 1 heterocycles. The highest BCUT2D eigenvalue weighted by molar-refractivity contribution is 9.10. The van der Waals surface area contributed by atoms with E-state index in [0.717, 1.165) is 18.2 Å². The fraction of sp³-hybridized carbons (Fsp3) is 0. The number of phenolic OH excluding ortho intramolecular Hbond substituents is 1. The number of hydrogen-bond acceptors (Lipinski definition) is 6. The van der Waals surface area contributed by atoms with Crippen molar-refractivity contribution in [3.05, 3.63) is 51.2 Å². The van der Waals surface area contributed by atoms with Gasteiger partial charge in [-0.2, -0.15) is 0 Å². The van der Waals surface area contributed by atoms with Gasteiger partial charge in [-0.3, -0.25) is 14.8 Å². The zero-order valence-electron chi connectivity index (χ0n) is 10.2. The summed E-state index contributed by atoms with van der Waals surface area (Å²) in [6.45, 7) is 0. The van der Waals surface area contributed by atoms with E-state index in [-0.39, 0.29) is 10.6 Å². The third kappa shape index (κ3) is 3.47. The second-order valence-electron chi connectivity index (χ2n) is 3.88. The highest BCUT2D eigenvalue weighted by Gasteiger charge is 2.21. The predicted molar refractivity (Wildman–Crippen MR) is 77.5 cm³/mol. The number of pyridine rings is 1. The number of aromatic hydroxyl groups is 1. The Morgan fingerprint density at radius 1 is 1.29 bits per heavy atom. The Labute approximate surface area is 127 Å². The summed E-state index contributed by atoms with van der Waals surface area (Å²) in [5, 5.41) is 20.0. The van der Waals surface area contributed by atoms with Crippen molar-refractivity contribution in [3.8, 4) is 5.75 Å². The molecule has 110 valence electrons. The van der Waals surface area contributed by atoms with Crippen molar-refractivity contribution >= 4 is 37.3 Å². The van der Waals surface area contributed by atoms with Crippen LogP contribution in [0.3, 0.4) is 0 Å². The molecule has 0 atom stereocenters. The van der Waals surface area contributed by atoms with Gasteiger partial charge in [0, 0.05) is 6.07 Å². The highest BCUT2D eigenvalue weighted by Crippen LogP contribution is 2.29. The molecule has 0 spiro atoms. The molecule has 0 unspecified atom stereocenters. The summed E-state index contributed by atoms with van der Waals surface area (Å²) in [6, 6.07) is 5.81. The van der Waals surface area contributed by atoms with Gasteiger partial charge in [-0.05, 0) is 40.2 Å². The van der Waals surface area contributed by atoms with E-state index in [2.05, 4.69) is 25.6 Å². The zero-order chi connectivity index (χ0) is 15.6. The van der Waals surface area contributed by atoms with Crippen molar-refractivity contribution < 1.29 is 18.4 Å². The number of halogens is 1. The van der Waals surface area contributed by atoms with Crippen LogP contribution in [0.2, 0.25) is 0 Å². The number of aromatic nitrogens is 1. The van der Waals surface area contributed by atoms with Gasteiger partial charge in [0.2, 0.25) is 0 Å². The first-order valence-electron chi connectivity index (χ1n) is 5.41. The fourth-order valence-electron chi connectivity index (χ4n) is 1.47. The number of sulfonamides is 1. The molecule has 8 nitrogen and oxygen atoms in total. The quantitative estimate of drug-likeness (QED) is 0.481. The smallest absolute Gasteiger partial charge is 0.312 e. The molecule has 0 fully saturated rings. The lowest BCUT2D eigenvalue weighted by molar-refractivity contribution is -0.386. The maximum atomic E-state index is 12.1. The van der Waals surface area contributed by atoms with Crippen molar-refractivity contribution in [3.63, 3.8) is 0 Å². The van der Waals surface area contributed by atoms with Gasteiger partial charge < -0.3 is 5.11 Å². The van der Waals surface area contributed by atoms with Gasteiger partial charge >= 0.3 is 5.69 Å². The Bertz CT molecular complexity index is 792. The molecule has 0 saturated carbocycles. The Balaban J connectivity index is 2.38. The number of hydrogen-bond donors (Lipinski definition) is 2. The molecular formula is C11H8BrN3O5S. The minimum absolute atomic E-state index is 0.203. The van der Waals surface area contributed by atoms with Crippen LogP contribution in [-0.4, -0.2) is 23.4 Å². The number of nitrogens with zero attached hydrogens (tertiary/aromatic N) is 2. The summed E-state index contributed by atoms with van der Waals surface area (Å²) < 4.78 is 27.0. The van der Waals surface area contributed by atoms with Crippen LogP contribution in [-0.2, 0) is 10.0 Å². The lowest BCUT2D eigenvalue weighted by Crippen LogP contribution is -2.13. The number of phenols is 1. The normalized spacial score (nSPS) is 11.1. The third-order valence-electron chi connectivity index (χ3n) is 2.43. The second kappa shape index (κ2) is 5.66. The number of nitro groups is 1. The molecule has 2 rings (SSSR count). The largest absolute Gasteiger partial charge is 0.502 e. The van der Waals surface area contributed by atoms with Crippen LogP contribution in [0.1, 0.15) is 0 Å². The number of nitrogens with one attached hydrogen (secondary N) is 1. The summed E-state index contributed by atoms with van der Waals surface area (Å²) in [6.07, 6.45) is 1.29. The molecule has 0 bridgehead atoms. The average Bonchev–Trinajstić information content (AvgIpc) is 2.41. The summed E-state index contributed by atoms with van der Waals surface area (Å²) in [5.74, 6) is -0.607.